The summed E-state index contributed by atoms with van der Waals surface area (Å²) in [5, 5.41) is 8.06. The first-order chi connectivity index (χ1) is 2.73. The van der Waals surface area contributed by atoms with E-state index >= 15 is 0 Å². The number of aliphatic hydroxyl groups excluding tert-OH is 1. The van der Waals surface area contributed by atoms with Crippen LogP contribution < -0.4 is 0 Å². The third-order valence-electron chi connectivity index (χ3n) is 0. The van der Waals surface area contributed by atoms with E-state index in [4.69, 9.17) is 5.11 Å². The summed E-state index contributed by atoms with van der Waals surface area (Å²) in [7, 11) is 0. The van der Waals surface area contributed by atoms with Gasteiger partial charge in [0.2, 0.25) is 0 Å². The first-order valence-corrected chi connectivity index (χ1v) is 2.41. The number of hydrogen-bond donors (Lipinski definition) is 1. The molecule has 0 amide bonds. The van der Waals surface area contributed by atoms with Gasteiger partial charge in [0.25, 0.3) is 0 Å². The van der Waals surface area contributed by atoms with Crippen LogP contribution in [-0.2, 0) is 0 Å². The fourth-order valence-corrected chi connectivity index (χ4v) is 0. The quantitative estimate of drug-likeness (QED) is 0.477. The summed E-state index contributed by atoms with van der Waals surface area (Å²) in [5.41, 5.74) is 0. The lowest BCUT2D eigenvalue weighted by Gasteiger charge is -1.80. The van der Waals surface area contributed by atoms with Gasteiger partial charge in [0.15, 0.2) is 0 Å². The van der Waals surface area contributed by atoms with E-state index in [0.717, 1.165) is 0 Å². The van der Waals surface area contributed by atoms with Crippen molar-refractivity contribution in [3.63, 3.8) is 0 Å². The fraction of sp³-hybridized carbons (Fsp3) is 1.00. The Bertz CT molecular complexity index is 8.66. The third-order valence-corrected chi connectivity index (χ3v) is 0. The average Bonchev–Trinajstić information content (AvgIpc) is 1.41. The van der Waals surface area contributed by atoms with Crippen LogP contribution in [0.2, 0.25) is 0 Å². The first-order valence-electron chi connectivity index (χ1n) is 2.41. The summed E-state index contributed by atoms with van der Waals surface area (Å²) in [4.78, 5) is 0. The van der Waals surface area contributed by atoms with Gasteiger partial charge in [0.1, 0.15) is 0 Å². The maximum Gasteiger partial charge on any atom is 0.0483 e. The Balaban J connectivity index is 0. The van der Waals surface area contributed by atoms with Crippen LogP contribution in [0.5, 0.6) is 0 Å². The van der Waals surface area contributed by atoms with Gasteiger partial charge in [-0.3, -0.25) is 0 Å². The Morgan fingerprint density at radius 2 is 1.17 bits per heavy atom. The minimum atomic E-state index is -0.167. The Kier molecular flexibility index (Phi) is 13.8. The van der Waals surface area contributed by atoms with Crippen molar-refractivity contribution in [1.29, 1.82) is 0 Å². The van der Waals surface area contributed by atoms with Gasteiger partial charge in [-0.1, -0.05) is 13.8 Å². The van der Waals surface area contributed by atoms with Crippen molar-refractivity contribution >= 4 is 0 Å². The molecular formula is C5H14O. The molecule has 1 nitrogen and oxygen atoms in total. The highest BCUT2D eigenvalue weighted by Crippen LogP contribution is 1.65. The highest BCUT2D eigenvalue weighted by molar-refractivity contribution is 4.20. The molecule has 0 spiro atoms. The van der Waals surface area contributed by atoms with Gasteiger partial charge in [0, 0.05) is 6.10 Å². The zero-order chi connectivity index (χ0) is 5.58. The molecule has 0 fully saturated rings. The lowest BCUT2D eigenvalue weighted by atomic mass is 10.5. The molecule has 40 valence electrons. The maximum atomic E-state index is 8.06. The number of rotatable bonds is 0. The SMILES string of the molecule is CC.CC(C)O. The Morgan fingerprint density at radius 3 is 1.17 bits per heavy atom. The Labute approximate surface area is 40.0 Å². The molecule has 0 aromatic rings. The molecule has 0 atom stereocenters. The van der Waals surface area contributed by atoms with Crippen molar-refractivity contribution in [2.45, 2.75) is 33.8 Å². The molecule has 0 aromatic carbocycles. The van der Waals surface area contributed by atoms with E-state index in [-0.39, 0.29) is 6.10 Å². The van der Waals surface area contributed by atoms with E-state index in [1.165, 1.54) is 0 Å². The zero-order valence-electron chi connectivity index (χ0n) is 5.02. The normalized spacial score (nSPS) is 7.00. The van der Waals surface area contributed by atoms with Gasteiger partial charge in [-0.2, -0.15) is 0 Å². The topological polar surface area (TPSA) is 20.2 Å². The predicted molar refractivity (Wildman–Crippen MR) is 28.7 cm³/mol. The molecule has 0 unspecified atom stereocenters. The highest BCUT2D eigenvalue weighted by atomic mass is 16.3. The van der Waals surface area contributed by atoms with Crippen LogP contribution in [0.25, 0.3) is 0 Å². The van der Waals surface area contributed by atoms with Crippen LogP contribution >= 0.6 is 0 Å². The van der Waals surface area contributed by atoms with Crippen molar-refractivity contribution in [3.8, 4) is 0 Å². The van der Waals surface area contributed by atoms with Crippen LogP contribution in [0.3, 0.4) is 0 Å². The van der Waals surface area contributed by atoms with Gasteiger partial charge in [0.05, 0.1) is 0 Å². The molecule has 0 radical (unpaired) electrons. The monoisotopic (exact) mass is 90.1 g/mol. The average molecular weight is 90.2 g/mol. The van der Waals surface area contributed by atoms with E-state index in [9.17, 15) is 0 Å². The van der Waals surface area contributed by atoms with Crippen molar-refractivity contribution in [3.05, 3.63) is 0 Å². The van der Waals surface area contributed by atoms with E-state index in [0.29, 0.717) is 0 Å². The molecule has 1 heteroatoms. The predicted octanol–water partition coefficient (Wildman–Crippen LogP) is 1.41. The molecule has 1 N–H and O–H groups in total. The summed E-state index contributed by atoms with van der Waals surface area (Å²) in [5.74, 6) is 0. The number of aliphatic hydroxyl groups is 1. The van der Waals surface area contributed by atoms with E-state index in [1.807, 2.05) is 13.8 Å². The van der Waals surface area contributed by atoms with Gasteiger partial charge >= 0.3 is 0 Å². The standard InChI is InChI=1S/C3H8O.C2H6/c1-3(2)4;1-2/h3-4H,1-2H3;1-2H3. The molecule has 0 aliphatic heterocycles. The van der Waals surface area contributed by atoms with Crippen molar-refractivity contribution in [2.75, 3.05) is 0 Å². The van der Waals surface area contributed by atoms with Crippen LogP contribution in [-0.4, -0.2) is 11.2 Å². The Hall–Kier alpha value is -0.0400. The minimum absolute atomic E-state index is 0.167. The van der Waals surface area contributed by atoms with Crippen LogP contribution in [0, 0.1) is 0 Å². The zero-order valence-corrected chi connectivity index (χ0v) is 5.02. The molecule has 0 bridgehead atoms. The van der Waals surface area contributed by atoms with Gasteiger partial charge in [-0.25, -0.2) is 0 Å². The van der Waals surface area contributed by atoms with Gasteiger partial charge < -0.3 is 5.11 Å². The summed E-state index contributed by atoms with van der Waals surface area (Å²) < 4.78 is 0. The molecule has 0 rings (SSSR count). The fourth-order valence-electron chi connectivity index (χ4n) is 0. The van der Waals surface area contributed by atoms with Gasteiger partial charge in [-0.15, -0.1) is 0 Å². The molecular weight excluding hydrogens is 76.1 g/mol. The second-order valence-corrected chi connectivity index (χ2v) is 1.09. The van der Waals surface area contributed by atoms with Crippen LogP contribution in [0.1, 0.15) is 27.7 Å². The smallest absolute Gasteiger partial charge is 0.0483 e. The molecule has 0 aromatic heterocycles. The van der Waals surface area contributed by atoms with E-state index < -0.39 is 0 Å². The van der Waals surface area contributed by atoms with Crippen molar-refractivity contribution in [1.82, 2.24) is 0 Å². The molecule has 6 heavy (non-hydrogen) atoms. The number of hydrogen-bond acceptors (Lipinski definition) is 1. The van der Waals surface area contributed by atoms with Crippen LogP contribution in [0.15, 0.2) is 0 Å². The lowest BCUT2D eigenvalue weighted by Crippen LogP contribution is -1.85. The highest BCUT2D eigenvalue weighted by Gasteiger charge is 1.69. The lowest BCUT2D eigenvalue weighted by molar-refractivity contribution is 0.216. The molecule has 0 saturated heterocycles. The van der Waals surface area contributed by atoms with Gasteiger partial charge in [-0.05, 0) is 13.8 Å². The summed E-state index contributed by atoms with van der Waals surface area (Å²) in [6.45, 7) is 7.44. The van der Waals surface area contributed by atoms with E-state index in [2.05, 4.69) is 0 Å². The molecule has 0 aliphatic carbocycles. The van der Waals surface area contributed by atoms with Crippen molar-refractivity contribution in [2.24, 2.45) is 0 Å². The minimum Gasteiger partial charge on any atom is -0.394 e. The van der Waals surface area contributed by atoms with Crippen molar-refractivity contribution < 1.29 is 5.11 Å². The Morgan fingerprint density at radius 1 is 1.17 bits per heavy atom. The molecule has 0 aliphatic rings. The second kappa shape index (κ2) is 8.88. The molecule has 0 saturated carbocycles. The first kappa shape index (κ1) is 9.35. The largest absolute Gasteiger partial charge is 0.394 e. The van der Waals surface area contributed by atoms with Crippen LogP contribution in [0.4, 0.5) is 0 Å². The summed E-state index contributed by atoms with van der Waals surface area (Å²) >= 11 is 0. The molecule has 0 heterocycles. The summed E-state index contributed by atoms with van der Waals surface area (Å²) in [6, 6.07) is 0. The second-order valence-electron chi connectivity index (χ2n) is 1.09. The third kappa shape index (κ3) is 21700. The van der Waals surface area contributed by atoms with E-state index in [1.54, 1.807) is 13.8 Å². The maximum absolute atomic E-state index is 8.06. The summed E-state index contributed by atoms with van der Waals surface area (Å²) in [6.07, 6.45) is -0.167.